The molecule has 5 nitrogen and oxygen atoms in total. The SMILES string of the molecule is CCCCN(CCCC)c1ccc(C=Cc2cc[n+](CCCP(=O)(OC)OCC)c3ccccc23)cc1. The highest BCUT2D eigenvalue weighted by molar-refractivity contribution is 7.53. The summed E-state index contributed by atoms with van der Waals surface area (Å²) in [5, 5.41) is 1.20. The summed E-state index contributed by atoms with van der Waals surface area (Å²) in [4.78, 5) is 2.52. The Labute approximate surface area is 223 Å². The fourth-order valence-corrected chi connectivity index (χ4v) is 5.88. The van der Waals surface area contributed by atoms with Crippen molar-refractivity contribution in [3.05, 3.63) is 71.9 Å². The summed E-state index contributed by atoms with van der Waals surface area (Å²) in [6.07, 6.45) is 12.5. The summed E-state index contributed by atoms with van der Waals surface area (Å²) in [5.74, 6) is 0. The lowest BCUT2D eigenvalue weighted by Gasteiger charge is -2.24. The summed E-state index contributed by atoms with van der Waals surface area (Å²) in [5.41, 5.74) is 4.85. The van der Waals surface area contributed by atoms with Crippen molar-refractivity contribution in [3.63, 3.8) is 0 Å². The van der Waals surface area contributed by atoms with Crippen molar-refractivity contribution in [2.45, 2.75) is 59.4 Å². The average Bonchev–Trinajstić information content (AvgIpc) is 2.93. The first-order valence-corrected chi connectivity index (χ1v) is 15.5. The molecule has 0 aliphatic heterocycles. The fourth-order valence-electron chi connectivity index (χ4n) is 4.54. The van der Waals surface area contributed by atoms with Gasteiger partial charge in [-0.15, -0.1) is 0 Å². The first-order valence-electron chi connectivity index (χ1n) is 13.8. The lowest BCUT2D eigenvalue weighted by atomic mass is 10.1. The summed E-state index contributed by atoms with van der Waals surface area (Å²) in [6.45, 7) is 9.72. The molecule has 1 atom stereocenters. The van der Waals surface area contributed by atoms with Crippen LogP contribution in [-0.4, -0.2) is 33.0 Å². The number of anilines is 1. The third kappa shape index (κ3) is 8.53. The number of unbranched alkanes of at least 4 members (excludes halogenated alkanes) is 2. The van der Waals surface area contributed by atoms with Gasteiger partial charge in [0, 0.05) is 44.4 Å². The average molecular weight is 524 g/mol. The van der Waals surface area contributed by atoms with Gasteiger partial charge in [-0.25, -0.2) is 0 Å². The molecule has 200 valence electrons. The lowest BCUT2D eigenvalue weighted by molar-refractivity contribution is -0.671. The van der Waals surface area contributed by atoms with Crippen LogP contribution in [0.15, 0.2) is 60.8 Å². The molecule has 0 spiro atoms. The molecule has 3 aromatic rings. The van der Waals surface area contributed by atoms with Gasteiger partial charge in [-0.2, -0.15) is 4.57 Å². The summed E-state index contributed by atoms with van der Waals surface area (Å²) < 4.78 is 25.3. The molecule has 1 heterocycles. The Kier molecular flexibility index (Phi) is 11.9. The Morgan fingerprint density at radius 2 is 1.59 bits per heavy atom. The standard InChI is InChI=1S/C31H44N2O3P/c1-5-8-22-32(23-9-6-2)29-19-16-27(17-20-29)15-18-28-21-25-33(31-14-11-10-13-30(28)31)24-12-26-37(34,35-4)36-7-3/h10-11,13-21,25H,5-9,12,22-24,26H2,1-4H3/q+1. The van der Waals surface area contributed by atoms with Crippen LogP contribution < -0.4 is 9.47 Å². The number of nitrogens with zero attached hydrogens (tertiary/aromatic N) is 2. The topological polar surface area (TPSA) is 42.7 Å². The van der Waals surface area contributed by atoms with Crippen molar-refractivity contribution in [2.24, 2.45) is 0 Å². The number of hydrogen-bond donors (Lipinski definition) is 0. The first-order chi connectivity index (χ1) is 18.0. The molecule has 0 fully saturated rings. The first kappa shape index (κ1) is 29.1. The maximum absolute atomic E-state index is 12.6. The molecule has 6 heteroatoms. The molecule has 2 aromatic carbocycles. The summed E-state index contributed by atoms with van der Waals surface area (Å²) >= 11 is 0. The number of hydrogen-bond acceptors (Lipinski definition) is 4. The van der Waals surface area contributed by atoms with E-state index in [0.717, 1.165) is 31.6 Å². The van der Waals surface area contributed by atoms with Crippen LogP contribution in [-0.2, 0) is 20.2 Å². The molecule has 0 saturated carbocycles. The van der Waals surface area contributed by atoms with E-state index < -0.39 is 7.60 Å². The largest absolute Gasteiger partial charge is 0.372 e. The number of rotatable bonds is 16. The number of aromatic nitrogens is 1. The van der Waals surface area contributed by atoms with E-state index in [0.29, 0.717) is 12.8 Å². The smallest absolute Gasteiger partial charge is 0.330 e. The second-order valence-electron chi connectivity index (χ2n) is 9.39. The number of benzene rings is 2. The Morgan fingerprint density at radius 1 is 0.892 bits per heavy atom. The highest BCUT2D eigenvalue weighted by atomic mass is 31.2. The van der Waals surface area contributed by atoms with Gasteiger partial charge in [0.2, 0.25) is 5.52 Å². The second kappa shape index (κ2) is 15.1. The zero-order chi connectivity index (χ0) is 26.5. The Morgan fingerprint density at radius 3 is 2.24 bits per heavy atom. The monoisotopic (exact) mass is 523 g/mol. The highest BCUT2D eigenvalue weighted by Crippen LogP contribution is 2.47. The van der Waals surface area contributed by atoms with Crippen LogP contribution in [0.3, 0.4) is 0 Å². The van der Waals surface area contributed by atoms with Gasteiger partial charge >= 0.3 is 7.60 Å². The van der Waals surface area contributed by atoms with Crippen molar-refractivity contribution >= 4 is 36.3 Å². The van der Waals surface area contributed by atoms with Gasteiger partial charge in [0.15, 0.2) is 6.20 Å². The van der Waals surface area contributed by atoms with Crippen LogP contribution in [0.1, 0.15) is 64.0 Å². The Bertz CT molecular complexity index is 1170. The van der Waals surface area contributed by atoms with E-state index in [1.807, 2.05) is 6.92 Å². The quantitative estimate of drug-likeness (QED) is 0.141. The molecule has 0 radical (unpaired) electrons. The molecule has 0 N–H and O–H groups in total. The Hall–Kier alpha value is -2.46. The van der Waals surface area contributed by atoms with Crippen molar-refractivity contribution < 1.29 is 18.2 Å². The minimum Gasteiger partial charge on any atom is -0.372 e. The molecule has 0 bridgehead atoms. The van der Waals surface area contributed by atoms with E-state index in [4.69, 9.17) is 9.05 Å². The van der Waals surface area contributed by atoms with Crippen LogP contribution in [0.25, 0.3) is 23.1 Å². The van der Waals surface area contributed by atoms with Gasteiger partial charge in [0.05, 0.1) is 18.2 Å². The van der Waals surface area contributed by atoms with Gasteiger partial charge in [0.1, 0.15) is 6.54 Å². The highest BCUT2D eigenvalue weighted by Gasteiger charge is 2.23. The molecule has 3 rings (SSSR count). The van der Waals surface area contributed by atoms with Crippen LogP contribution in [0.5, 0.6) is 0 Å². The van der Waals surface area contributed by atoms with E-state index in [9.17, 15) is 4.57 Å². The molecule has 1 unspecified atom stereocenters. The van der Waals surface area contributed by atoms with Gasteiger partial charge in [-0.3, -0.25) is 4.57 Å². The normalized spacial score (nSPS) is 13.3. The summed E-state index contributed by atoms with van der Waals surface area (Å²) in [6, 6.07) is 19.5. The van der Waals surface area contributed by atoms with Crippen molar-refractivity contribution in [3.8, 4) is 0 Å². The van der Waals surface area contributed by atoms with E-state index in [1.54, 1.807) is 0 Å². The maximum Gasteiger partial charge on any atom is 0.330 e. The van der Waals surface area contributed by atoms with Crippen LogP contribution in [0, 0.1) is 0 Å². The molecule has 0 aliphatic rings. The second-order valence-corrected chi connectivity index (χ2v) is 11.7. The van der Waals surface area contributed by atoms with Gasteiger partial charge in [0.25, 0.3) is 0 Å². The predicted molar refractivity (Wildman–Crippen MR) is 157 cm³/mol. The number of para-hydroxylation sites is 1. The van der Waals surface area contributed by atoms with E-state index in [-0.39, 0.29) is 0 Å². The fraction of sp³-hybridized carbons (Fsp3) is 0.452. The number of aryl methyl sites for hydroxylation is 1. The van der Waals surface area contributed by atoms with Crippen molar-refractivity contribution in [1.29, 1.82) is 0 Å². The third-order valence-corrected chi connectivity index (χ3v) is 8.74. The van der Waals surface area contributed by atoms with Gasteiger partial charge < -0.3 is 13.9 Å². The van der Waals surface area contributed by atoms with Crippen LogP contribution in [0.2, 0.25) is 0 Å². The molecular formula is C31H44N2O3P+. The minimum atomic E-state index is -3.00. The van der Waals surface area contributed by atoms with Crippen molar-refractivity contribution in [2.75, 3.05) is 37.9 Å². The Balaban J connectivity index is 1.73. The van der Waals surface area contributed by atoms with Gasteiger partial charge in [-0.05, 0) is 49.1 Å². The molecule has 37 heavy (non-hydrogen) atoms. The van der Waals surface area contributed by atoms with Crippen LogP contribution >= 0.6 is 7.60 Å². The summed E-state index contributed by atoms with van der Waals surface area (Å²) in [7, 11) is -1.54. The zero-order valence-corrected chi connectivity index (χ0v) is 24.0. The molecular weight excluding hydrogens is 479 g/mol. The maximum atomic E-state index is 12.6. The van der Waals surface area contributed by atoms with E-state index in [2.05, 4.69) is 96.3 Å². The molecule has 1 aromatic heterocycles. The number of pyridine rings is 1. The third-order valence-electron chi connectivity index (χ3n) is 6.67. The molecule has 0 amide bonds. The lowest BCUT2D eigenvalue weighted by Crippen LogP contribution is -2.34. The predicted octanol–water partition coefficient (Wildman–Crippen LogP) is 7.97. The van der Waals surface area contributed by atoms with Crippen molar-refractivity contribution in [1.82, 2.24) is 0 Å². The number of fused-ring (bicyclic) bond motifs is 1. The van der Waals surface area contributed by atoms with Crippen LogP contribution in [0.4, 0.5) is 5.69 Å². The minimum absolute atomic E-state index is 0.390. The molecule has 0 saturated heterocycles. The van der Waals surface area contributed by atoms with E-state index >= 15 is 0 Å². The van der Waals surface area contributed by atoms with Gasteiger partial charge in [-0.1, -0.05) is 63.1 Å². The zero-order valence-electron chi connectivity index (χ0n) is 23.1. The van der Waals surface area contributed by atoms with E-state index in [1.165, 1.54) is 55.0 Å². The molecule has 0 aliphatic carbocycles.